The van der Waals surface area contributed by atoms with Crippen LogP contribution in [0.4, 0.5) is 10.5 Å². The van der Waals surface area contributed by atoms with Crippen LogP contribution in [0.1, 0.15) is 12.8 Å². The Bertz CT molecular complexity index is 389. The SMILES string of the molecule is O=C(NCC1CCCN1)Nc1ccccc1O. The highest BCUT2D eigenvalue weighted by Gasteiger charge is 2.14. The van der Waals surface area contributed by atoms with Crippen molar-refractivity contribution in [2.24, 2.45) is 0 Å². The van der Waals surface area contributed by atoms with Gasteiger partial charge in [-0.15, -0.1) is 0 Å². The molecule has 0 spiro atoms. The predicted octanol–water partition coefficient (Wildman–Crippen LogP) is 1.27. The average Bonchev–Trinajstić information content (AvgIpc) is 2.82. The second-order valence-electron chi connectivity index (χ2n) is 4.15. The zero-order valence-corrected chi connectivity index (χ0v) is 9.57. The highest BCUT2D eigenvalue weighted by Crippen LogP contribution is 2.21. The molecule has 5 nitrogen and oxygen atoms in total. The number of amides is 2. The van der Waals surface area contributed by atoms with Gasteiger partial charge in [-0.05, 0) is 31.5 Å². The van der Waals surface area contributed by atoms with Crippen molar-refractivity contribution in [1.29, 1.82) is 0 Å². The molecule has 4 N–H and O–H groups in total. The number of phenols is 1. The Kier molecular flexibility index (Phi) is 3.82. The van der Waals surface area contributed by atoms with Gasteiger partial charge in [0, 0.05) is 12.6 Å². The number of phenolic OH excluding ortho intramolecular Hbond substituents is 1. The van der Waals surface area contributed by atoms with E-state index in [1.54, 1.807) is 18.2 Å². The molecule has 1 unspecified atom stereocenters. The predicted molar refractivity (Wildman–Crippen MR) is 66.2 cm³/mol. The number of aromatic hydroxyl groups is 1. The Morgan fingerprint density at radius 3 is 3.00 bits per heavy atom. The summed E-state index contributed by atoms with van der Waals surface area (Å²) in [5, 5.41) is 18.2. The quantitative estimate of drug-likeness (QED) is 0.596. The molecule has 0 radical (unpaired) electrons. The van der Waals surface area contributed by atoms with Crippen molar-refractivity contribution >= 4 is 11.7 Å². The van der Waals surface area contributed by atoms with Crippen LogP contribution in [-0.2, 0) is 0 Å². The van der Waals surface area contributed by atoms with E-state index < -0.39 is 0 Å². The van der Waals surface area contributed by atoms with E-state index in [1.165, 1.54) is 6.07 Å². The molecule has 2 amide bonds. The van der Waals surface area contributed by atoms with Crippen LogP contribution in [0.3, 0.4) is 0 Å². The number of para-hydroxylation sites is 2. The Hall–Kier alpha value is -1.75. The minimum Gasteiger partial charge on any atom is -0.506 e. The molecule has 0 aliphatic carbocycles. The molecule has 17 heavy (non-hydrogen) atoms. The van der Waals surface area contributed by atoms with Crippen molar-refractivity contribution in [3.05, 3.63) is 24.3 Å². The summed E-state index contributed by atoms with van der Waals surface area (Å²) in [4.78, 5) is 11.6. The molecule has 92 valence electrons. The second kappa shape index (κ2) is 5.54. The van der Waals surface area contributed by atoms with Crippen molar-refractivity contribution in [3.63, 3.8) is 0 Å². The molecule has 1 saturated heterocycles. The molecular weight excluding hydrogens is 218 g/mol. The van der Waals surface area contributed by atoms with Gasteiger partial charge < -0.3 is 21.1 Å². The van der Waals surface area contributed by atoms with Gasteiger partial charge in [0.05, 0.1) is 5.69 Å². The molecule has 1 aliphatic heterocycles. The summed E-state index contributed by atoms with van der Waals surface area (Å²) in [5.41, 5.74) is 0.421. The third kappa shape index (κ3) is 3.35. The van der Waals surface area contributed by atoms with Gasteiger partial charge in [0.25, 0.3) is 0 Å². The molecule has 5 heteroatoms. The highest BCUT2D eigenvalue weighted by atomic mass is 16.3. The first-order valence-corrected chi connectivity index (χ1v) is 5.82. The van der Waals surface area contributed by atoms with Gasteiger partial charge in [0.2, 0.25) is 0 Å². The van der Waals surface area contributed by atoms with Crippen LogP contribution < -0.4 is 16.0 Å². The lowest BCUT2D eigenvalue weighted by Crippen LogP contribution is -2.39. The van der Waals surface area contributed by atoms with Gasteiger partial charge in [-0.2, -0.15) is 0 Å². The number of urea groups is 1. The molecule has 0 saturated carbocycles. The van der Waals surface area contributed by atoms with Crippen LogP contribution >= 0.6 is 0 Å². The first kappa shape index (κ1) is 11.7. The minimum atomic E-state index is -0.291. The number of hydrogen-bond acceptors (Lipinski definition) is 3. The minimum absolute atomic E-state index is 0.0710. The van der Waals surface area contributed by atoms with E-state index in [-0.39, 0.29) is 11.8 Å². The van der Waals surface area contributed by atoms with Crippen molar-refractivity contribution in [2.75, 3.05) is 18.4 Å². The number of anilines is 1. The fourth-order valence-electron chi connectivity index (χ4n) is 1.89. The largest absolute Gasteiger partial charge is 0.506 e. The van der Waals surface area contributed by atoms with Crippen LogP contribution in [0.15, 0.2) is 24.3 Å². The van der Waals surface area contributed by atoms with Crippen molar-refractivity contribution < 1.29 is 9.90 Å². The summed E-state index contributed by atoms with van der Waals surface area (Å²) < 4.78 is 0. The highest BCUT2D eigenvalue weighted by molar-refractivity contribution is 5.90. The van der Waals surface area contributed by atoms with E-state index in [0.717, 1.165) is 19.4 Å². The lowest BCUT2D eigenvalue weighted by Gasteiger charge is -2.12. The van der Waals surface area contributed by atoms with E-state index in [0.29, 0.717) is 18.3 Å². The van der Waals surface area contributed by atoms with E-state index in [4.69, 9.17) is 0 Å². The fourth-order valence-corrected chi connectivity index (χ4v) is 1.89. The second-order valence-corrected chi connectivity index (χ2v) is 4.15. The summed E-state index contributed by atoms with van der Waals surface area (Å²) in [6, 6.07) is 6.73. The van der Waals surface area contributed by atoms with Crippen molar-refractivity contribution in [2.45, 2.75) is 18.9 Å². The van der Waals surface area contributed by atoms with Gasteiger partial charge in [-0.1, -0.05) is 12.1 Å². The summed E-state index contributed by atoms with van der Waals surface area (Å²) in [6.07, 6.45) is 2.25. The van der Waals surface area contributed by atoms with E-state index >= 15 is 0 Å². The van der Waals surface area contributed by atoms with E-state index in [9.17, 15) is 9.90 Å². The van der Waals surface area contributed by atoms with Gasteiger partial charge in [0.1, 0.15) is 5.75 Å². The molecule has 1 heterocycles. The summed E-state index contributed by atoms with van der Waals surface area (Å²) in [6.45, 7) is 1.63. The molecular formula is C12H17N3O2. The Labute approximate surface area is 100 Å². The van der Waals surface area contributed by atoms with Gasteiger partial charge in [0.15, 0.2) is 0 Å². The number of carbonyl (C=O) groups is 1. The monoisotopic (exact) mass is 235 g/mol. The third-order valence-corrected chi connectivity index (χ3v) is 2.82. The lowest BCUT2D eigenvalue weighted by molar-refractivity contribution is 0.251. The molecule has 1 aromatic rings. The van der Waals surface area contributed by atoms with Crippen LogP contribution in [-0.4, -0.2) is 30.3 Å². The van der Waals surface area contributed by atoms with Gasteiger partial charge in [-0.3, -0.25) is 0 Å². The zero-order chi connectivity index (χ0) is 12.1. The molecule has 1 atom stereocenters. The molecule has 2 rings (SSSR count). The third-order valence-electron chi connectivity index (χ3n) is 2.82. The zero-order valence-electron chi connectivity index (χ0n) is 9.57. The summed E-state index contributed by atoms with van der Waals surface area (Å²) in [7, 11) is 0. The number of carbonyl (C=O) groups excluding carboxylic acids is 1. The number of nitrogens with one attached hydrogen (secondary N) is 3. The van der Waals surface area contributed by atoms with Crippen LogP contribution in [0.25, 0.3) is 0 Å². The molecule has 0 aromatic heterocycles. The smallest absolute Gasteiger partial charge is 0.319 e. The maximum absolute atomic E-state index is 11.6. The summed E-state index contributed by atoms with van der Waals surface area (Å²) >= 11 is 0. The Balaban J connectivity index is 1.79. The number of hydrogen-bond donors (Lipinski definition) is 4. The fraction of sp³-hybridized carbons (Fsp3) is 0.417. The molecule has 1 aliphatic rings. The maximum Gasteiger partial charge on any atom is 0.319 e. The summed E-state index contributed by atoms with van der Waals surface area (Å²) in [5.74, 6) is 0.0710. The topological polar surface area (TPSA) is 73.4 Å². The van der Waals surface area contributed by atoms with Crippen LogP contribution in [0.2, 0.25) is 0 Å². The lowest BCUT2D eigenvalue weighted by atomic mass is 10.2. The standard InChI is InChI=1S/C12H17N3O2/c16-11-6-2-1-5-10(11)15-12(17)14-8-9-4-3-7-13-9/h1-2,5-6,9,13,16H,3-4,7-8H2,(H2,14,15,17). The molecule has 1 fully saturated rings. The Morgan fingerprint density at radius 1 is 1.47 bits per heavy atom. The maximum atomic E-state index is 11.6. The Morgan fingerprint density at radius 2 is 2.29 bits per heavy atom. The van der Waals surface area contributed by atoms with Crippen LogP contribution in [0.5, 0.6) is 5.75 Å². The van der Waals surface area contributed by atoms with Crippen molar-refractivity contribution in [3.8, 4) is 5.75 Å². The van der Waals surface area contributed by atoms with E-state index in [1.807, 2.05) is 0 Å². The number of rotatable bonds is 3. The number of benzene rings is 1. The molecule has 1 aromatic carbocycles. The molecule has 0 bridgehead atoms. The first-order valence-electron chi connectivity index (χ1n) is 5.82. The normalized spacial score (nSPS) is 18.9. The first-order chi connectivity index (χ1) is 8.25. The van der Waals surface area contributed by atoms with Crippen molar-refractivity contribution in [1.82, 2.24) is 10.6 Å². The van der Waals surface area contributed by atoms with Gasteiger partial charge >= 0.3 is 6.03 Å². The van der Waals surface area contributed by atoms with Gasteiger partial charge in [-0.25, -0.2) is 4.79 Å². The van der Waals surface area contributed by atoms with Crippen LogP contribution in [0, 0.1) is 0 Å². The average molecular weight is 235 g/mol. The van der Waals surface area contributed by atoms with E-state index in [2.05, 4.69) is 16.0 Å².